The van der Waals surface area contributed by atoms with Crippen LogP contribution < -0.4 is 5.73 Å². The van der Waals surface area contributed by atoms with Gasteiger partial charge in [-0.2, -0.15) is 11.8 Å². The zero-order valence-electron chi connectivity index (χ0n) is 8.59. The van der Waals surface area contributed by atoms with Crippen molar-refractivity contribution in [3.63, 3.8) is 0 Å². The highest BCUT2D eigenvalue weighted by atomic mass is 32.2. The van der Waals surface area contributed by atoms with E-state index in [1.807, 2.05) is 17.7 Å². The van der Waals surface area contributed by atoms with Crippen LogP contribution >= 0.6 is 11.8 Å². The van der Waals surface area contributed by atoms with Crippen LogP contribution in [0.25, 0.3) is 0 Å². The largest absolute Gasteiger partial charge is 0.480 e. The van der Waals surface area contributed by atoms with E-state index in [2.05, 4.69) is 4.98 Å². The summed E-state index contributed by atoms with van der Waals surface area (Å²) in [4.78, 5) is 14.6. The third kappa shape index (κ3) is 3.56. The standard InChI is InChI=1S/C9H15N3O2S/c1-2-12-4-3-11-8(12)6-15-5-7(10)9(13)14/h3-4,7H,2,5-6,10H2,1H3,(H,13,14)/t7-/m1/s1. The lowest BCUT2D eigenvalue weighted by atomic mass is 10.4. The summed E-state index contributed by atoms with van der Waals surface area (Å²) in [5, 5.41) is 8.58. The minimum Gasteiger partial charge on any atom is -0.480 e. The summed E-state index contributed by atoms with van der Waals surface area (Å²) in [5.41, 5.74) is 5.38. The Morgan fingerprint density at radius 3 is 3.13 bits per heavy atom. The smallest absolute Gasteiger partial charge is 0.321 e. The van der Waals surface area contributed by atoms with E-state index in [0.29, 0.717) is 11.5 Å². The van der Waals surface area contributed by atoms with Crippen molar-refractivity contribution >= 4 is 17.7 Å². The minimum absolute atomic E-state index is 0.409. The van der Waals surface area contributed by atoms with E-state index in [0.717, 1.165) is 12.4 Å². The number of carboxylic acid groups (broad SMARTS) is 1. The topological polar surface area (TPSA) is 81.1 Å². The molecule has 0 aliphatic carbocycles. The second-order valence-corrected chi connectivity index (χ2v) is 4.12. The molecule has 0 bridgehead atoms. The van der Waals surface area contributed by atoms with Crippen molar-refractivity contribution in [1.29, 1.82) is 0 Å². The molecule has 0 saturated carbocycles. The van der Waals surface area contributed by atoms with Crippen molar-refractivity contribution in [3.05, 3.63) is 18.2 Å². The van der Waals surface area contributed by atoms with Gasteiger partial charge in [0.2, 0.25) is 0 Å². The van der Waals surface area contributed by atoms with Crippen LogP contribution in [-0.4, -0.2) is 32.4 Å². The molecule has 1 aromatic heterocycles. The number of aromatic nitrogens is 2. The molecule has 0 amide bonds. The first-order valence-corrected chi connectivity index (χ1v) is 5.86. The fourth-order valence-electron chi connectivity index (χ4n) is 1.12. The van der Waals surface area contributed by atoms with Gasteiger partial charge in [0.25, 0.3) is 0 Å². The van der Waals surface area contributed by atoms with Crippen molar-refractivity contribution in [2.45, 2.75) is 25.3 Å². The van der Waals surface area contributed by atoms with E-state index < -0.39 is 12.0 Å². The molecule has 5 nitrogen and oxygen atoms in total. The number of rotatable bonds is 6. The maximum atomic E-state index is 10.5. The van der Waals surface area contributed by atoms with E-state index in [9.17, 15) is 4.79 Å². The molecule has 0 unspecified atom stereocenters. The van der Waals surface area contributed by atoms with Crippen LogP contribution in [-0.2, 0) is 17.1 Å². The van der Waals surface area contributed by atoms with Gasteiger partial charge in [-0.25, -0.2) is 4.98 Å². The Morgan fingerprint density at radius 1 is 1.80 bits per heavy atom. The monoisotopic (exact) mass is 229 g/mol. The lowest BCUT2D eigenvalue weighted by molar-refractivity contribution is -0.137. The molecule has 1 aromatic rings. The Morgan fingerprint density at radius 2 is 2.53 bits per heavy atom. The fourth-order valence-corrected chi connectivity index (χ4v) is 2.05. The molecule has 0 radical (unpaired) electrons. The molecule has 15 heavy (non-hydrogen) atoms. The Hall–Kier alpha value is -1.01. The molecular formula is C9H15N3O2S. The van der Waals surface area contributed by atoms with Crippen LogP contribution in [0.3, 0.4) is 0 Å². The molecule has 0 spiro atoms. The van der Waals surface area contributed by atoms with Crippen molar-refractivity contribution < 1.29 is 9.90 Å². The Balaban J connectivity index is 2.34. The SMILES string of the molecule is CCn1ccnc1CSC[C@@H](N)C(=O)O. The summed E-state index contributed by atoms with van der Waals surface area (Å²) < 4.78 is 2.03. The molecule has 1 atom stereocenters. The predicted octanol–water partition coefficient (Wildman–Crippen LogP) is 0.548. The molecule has 0 aliphatic rings. The third-order valence-corrected chi connectivity index (χ3v) is 3.05. The lowest BCUT2D eigenvalue weighted by Gasteiger charge is -2.06. The van der Waals surface area contributed by atoms with Crippen LogP contribution in [0.5, 0.6) is 0 Å². The fraction of sp³-hybridized carbons (Fsp3) is 0.556. The molecule has 3 N–H and O–H groups in total. The van der Waals surface area contributed by atoms with Gasteiger partial charge in [0.05, 0.1) is 5.75 Å². The number of nitrogens with two attached hydrogens (primary N) is 1. The molecule has 1 heterocycles. The highest BCUT2D eigenvalue weighted by molar-refractivity contribution is 7.98. The first-order valence-electron chi connectivity index (χ1n) is 4.71. The van der Waals surface area contributed by atoms with E-state index in [1.54, 1.807) is 6.20 Å². The number of carboxylic acids is 1. The third-order valence-electron chi connectivity index (χ3n) is 1.99. The average molecular weight is 229 g/mol. The zero-order chi connectivity index (χ0) is 11.3. The maximum absolute atomic E-state index is 10.5. The molecule has 6 heteroatoms. The maximum Gasteiger partial charge on any atom is 0.321 e. The Kier molecular flexibility index (Phi) is 4.64. The van der Waals surface area contributed by atoms with Gasteiger partial charge in [-0.3, -0.25) is 4.79 Å². The summed E-state index contributed by atoms with van der Waals surface area (Å²) in [6.45, 7) is 2.92. The van der Waals surface area contributed by atoms with Crippen LogP contribution in [0, 0.1) is 0 Å². The number of aryl methyl sites for hydroxylation is 1. The average Bonchev–Trinajstić information content (AvgIpc) is 2.65. The quantitative estimate of drug-likeness (QED) is 0.744. The summed E-state index contributed by atoms with van der Waals surface area (Å²) in [6.07, 6.45) is 3.66. The highest BCUT2D eigenvalue weighted by Gasteiger charge is 2.11. The molecule has 0 fully saturated rings. The van der Waals surface area contributed by atoms with Crippen LogP contribution in [0.4, 0.5) is 0 Å². The van der Waals surface area contributed by atoms with Gasteiger partial charge in [-0.1, -0.05) is 0 Å². The summed E-state index contributed by atoms with van der Waals surface area (Å²) in [5.74, 6) is 1.11. The van der Waals surface area contributed by atoms with Crippen LogP contribution in [0.2, 0.25) is 0 Å². The number of hydrogen-bond acceptors (Lipinski definition) is 4. The number of nitrogens with zero attached hydrogens (tertiary/aromatic N) is 2. The number of carbonyl (C=O) groups is 1. The van der Waals surface area contributed by atoms with Crippen molar-refractivity contribution in [2.75, 3.05) is 5.75 Å². The van der Waals surface area contributed by atoms with E-state index in [1.165, 1.54) is 11.8 Å². The first kappa shape index (κ1) is 12.1. The van der Waals surface area contributed by atoms with E-state index in [-0.39, 0.29) is 0 Å². The van der Waals surface area contributed by atoms with Gasteiger partial charge in [-0.05, 0) is 6.92 Å². The Bertz CT molecular complexity index is 327. The van der Waals surface area contributed by atoms with Crippen LogP contribution in [0.15, 0.2) is 12.4 Å². The second kappa shape index (κ2) is 5.77. The molecule has 0 saturated heterocycles. The normalized spacial score (nSPS) is 12.7. The van der Waals surface area contributed by atoms with Crippen molar-refractivity contribution in [3.8, 4) is 0 Å². The number of imidazole rings is 1. The summed E-state index contributed by atoms with van der Waals surface area (Å²) in [6, 6.07) is -0.792. The van der Waals surface area contributed by atoms with Crippen molar-refractivity contribution in [1.82, 2.24) is 9.55 Å². The minimum atomic E-state index is -0.957. The highest BCUT2D eigenvalue weighted by Crippen LogP contribution is 2.11. The van der Waals surface area contributed by atoms with Gasteiger partial charge < -0.3 is 15.4 Å². The van der Waals surface area contributed by atoms with Gasteiger partial charge >= 0.3 is 5.97 Å². The zero-order valence-corrected chi connectivity index (χ0v) is 9.41. The van der Waals surface area contributed by atoms with E-state index >= 15 is 0 Å². The van der Waals surface area contributed by atoms with Crippen molar-refractivity contribution in [2.24, 2.45) is 5.73 Å². The van der Waals surface area contributed by atoms with Gasteiger partial charge in [0.1, 0.15) is 11.9 Å². The molecular weight excluding hydrogens is 214 g/mol. The molecule has 84 valence electrons. The summed E-state index contributed by atoms with van der Waals surface area (Å²) in [7, 11) is 0. The number of thioether (sulfide) groups is 1. The number of hydrogen-bond donors (Lipinski definition) is 2. The van der Waals surface area contributed by atoms with Gasteiger partial charge in [0.15, 0.2) is 0 Å². The van der Waals surface area contributed by atoms with Crippen LogP contribution in [0.1, 0.15) is 12.7 Å². The number of aliphatic carboxylic acids is 1. The Labute approximate surface area is 92.7 Å². The molecule has 1 rings (SSSR count). The van der Waals surface area contributed by atoms with E-state index in [4.69, 9.17) is 10.8 Å². The molecule has 0 aromatic carbocycles. The summed E-state index contributed by atoms with van der Waals surface area (Å²) >= 11 is 1.49. The second-order valence-electron chi connectivity index (χ2n) is 3.09. The predicted molar refractivity (Wildman–Crippen MR) is 59.7 cm³/mol. The lowest BCUT2D eigenvalue weighted by Crippen LogP contribution is -2.32. The van der Waals surface area contributed by atoms with Gasteiger partial charge in [0, 0.05) is 24.7 Å². The molecule has 0 aliphatic heterocycles. The van der Waals surface area contributed by atoms with Gasteiger partial charge in [-0.15, -0.1) is 0 Å². The first-order chi connectivity index (χ1) is 7.15.